The first kappa shape index (κ1) is 17.9. The molecule has 134 valence electrons. The quantitative estimate of drug-likeness (QED) is 0.785. The summed E-state index contributed by atoms with van der Waals surface area (Å²) in [5, 5.41) is 0.815. The number of para-hydroxylation sites is 1. The number of thiazole rings is 1. The van der Waals surface area contributed by atoms with E-state index in [1.807, 2.05) is 49.9 Å². The SMILES string of the molecule is CC(C)(C)C(=O)N1CCC(C(=O)OCc2nc3ccccc3s2)CC1. The molecule has 0 bridgehead atoms. The van der Waals surface area contributed by atoms with Gasteiger partial charge in [-0.3, -0.25) is 9.59 Å². The molecule has 0 radical (unpaired) electrons. The second-order valence-electron chi connectivity index (χ2n) is 7.50. The van der Waals surface area contributed by atoms with Crippen molar-refractivity contribution >= 4 is 33.4 Å². The number of benzene rings is 1. The molecule has 1 amide bonds. The van der Waals surface area contributed by atoms with Crippen LogP contribution in [0.4, 0.5) is 0 Å². The highest BCUT2D eigenvalue weighted by Crippen LogP contribution is 2.26. The Balaban J connectivity index is 1.50. The first-order chi connectivity index (χ1) is 11.8. The number of carbonyl (C=O) groups is 2. The molecular weight excluding hydrogens is 336 g/mol. The average molecular weight is 360 g/mol. The maximum absolute atomic E-state index is 12.3. The highest BCUT2D eigenvalue weighted by atomic mass is 32.1. The molecule has 1 aliphatic heterocycles. The number of amides is 1. The Morgan fingerprint density at radius 1 is 1.24 bits per heavy atom. The van der Waals surface area contributed by atoms with Crippen LogP contribution in [0.5, 0.6) is 0 Å². The molecule has 1 aliphatic rings. The summed E-state index contributed by atoms with van der Waals surface area (Å²) in [6, 6.07) is 7.90. The third kappa shape index (κ3) is 4.18. The van der Waals surface area contributed by atoms with Gasteiger partial charge < -0.3 is 9.64 Å². The first-order valence-corrected chi connectivity index (χ1v) is 9.47. The molecule has 2 heterocycles. The summed E-state index contributed by atoms with van der Waals surface area (Å²) in [5.74, 6) is -0.158. The summed E-state index contributed by atoms with van der Waals surface area (Å²) < 4.78 is 6.57. The Morgan fingerprint density at radius 2 is 1.92 bits per heavy atom. The van der Waals surface area contributed by atoms with Crippen molar-refractivity contribution in [2.45, 2.75) is 40.2 Å². The molecule has 0 unspecified atom stereocenters. The van der Waals surface area contributed by atoms with Crippen molar-refractivity contribution in [3.05, 3.63) is 29.3 Å². The third-order valence-corrected chi connectivity index (χ3v) is 5.44. The van der Waals surface area contributed by atoms with E-state index in [1.165, 1.54) is 0 Å². The van der Waals surface area contributed by atoms with E-state index in [-0.39, 0.29) is 29.8 Å². The number of piperidine rings is 1. The Kier molecular flexibility index (Phi) is 5.08. The van der Waals surface area contributed by atoms with Gasteiger partial charge in [-0.05, 0) is 25.0 Å². The number of carbonyl (C=O) groups excluding carboxylic acids is 2. The molecule has 1 aromatic carbocycles. The zero-order chi connectivity index (χ0) is 18.0. The van der Waals surface area contributed by atoms with Crippen LogP contribution in [-0.4, -0.2) is 34.8 Å². The van der Waals surface area contributed by atoms with E-state index in [2.05, 4.69) is 4.98 Å². The van der Waals surface area contributed by atoms with Crippen molar-refractivity contribution in [3.8, 4) is 0 Å². The molecular formula is C19H24N2O3S. The number of nitrogens with zero attached hydrogens (tertiary/aromatic N) is 2. The number of ether oxygens (including phenoxy) is 1. The van der Waals surface area contributed by atoms with Crippen LogP contribution >= 0.6 is 11.3 Å². The summed E-state index contributed by atoms with van der Waals surface area (Å²) in [7, 11) is 0. The molecule has 0 atom stereocenters. The van der Waals surface area contributed by atoms with Gasteiger partial charge in [-0.2, -0.15) is 0 Å². The van der Waals surface area contributed by atoms with Crippen LogP contribution < -0.4 is 0 Å². The fourth-order valence-electron chi connectivity index (χ4n) is 3.03. The molecule has 0 aliphatic carbocycles. The Hall–Kier alpha value is -1.95. The summed E-state index contributed by atoms with van der Waals surface area (Å²) in [6.07, 6.45) is 1.33. The number of esters is 1. The summed E-state index contributed by atoms with van der Waals surface area (Å²) >= 11 is 1.55. The van der Waals surface area contributed by atoms with E-state index >= 15 is 0 Å². The Morgan fingerprint density at radius 3 is 2.56 bits per heavy atom. The molecule has 0 N–H and O–H groups in total. The highest BCUT2D eigenvalue weighted by molar-refractivity contribution is 7.18. The molecule has 1 aromatic heterocycles. The number of likely N-dealkylation sites (tertiary alicyclic amines) is 1. The monoisotopic (exact) mass is 360 g/mol. The van der Waals surface area contributed by atoms with Crippen LogP contribution in [0.3, 0.4) is 0 Å². The molecule has 5 nitrogen and oxygen atoms in total. The summed E-state index contributed by atoms with van der Waals surface area (Å²) in [5.41, 5.74) is 0.563. The minimum absolute atomic E-state index is 0.126. The zero-order valence-corrected chi connectivity index (χ0v) is 15.8. The molecule has 0 spiro atoms. The second-order valence-corrected chi connectivity index (χ2v) is 8.61. The van der Waals surface area contributed by atoms with Crippen molar-refractivity contribution in [2.24, 2.45) is 11.3 Å². The largest absolute Gasteiger partial charge is 0.458 e. The topological polar surface area (TPSA) is 59.5 Å². The zero-order valence-electron chi connectivity index (χ0n) is 14.9. The van der Waals surface area contributed by atoms with Crippen molar-refractivity contribution in [1.82, 2.24) is 9.88 Å². The number of rotatable bonds is 3. The van der Waals surface area contributed by atoms with Gasteiger partial charge in [0, 0.05) is 18.5 Å². The Bertz CT molecular complexity index is 737. The van der Waals surface area contributed by atoms with Crippen LogP contribution in [0.15, 0.2) is 24.3 Å². The normalized spacial score (nSPS) is 16.2. The fraction of sp³-hybridized carbons (Fsp3) is 0.526. The lowest BCUT2D eigenvalue weighted by Crippen LogP contribution is -2.45. The van der Waals surface area contributed by atoms with Crippen molar-refractivity contribution in [2.75, 3.05) is 13.1 Å². The van der Waals surface area contributed by atoms with Gasteiger partial charge in [-0.1, -0.05) is 32.9 Å². The third-order valence-electron chi connectivity index (χ3n) is 4.43. The van der Waals surface area contributed by atoms with E-state index in [1.54, 1.807) is 11.3 Å². The van der Waals surface area contributed by atoms with E-state index in [0.29, 0.717) is 25.9 Å². The van der Waals surface area contributed by atoms with Gasteiger partial charge in [-0.15, -0.1) is 11.3 Å². The van der Waals surface area contributed by atoms with E-state index < -0.39 is 0 Å². The molecule has 1 fully saturated rings. The first-order valence-electron chi connectivity index (χ1n) is 8.65. The van der Waals surface area contributed by atoms with Crippen molar-refractivity contribution in [1.29, 1.82) is 0 Å². The van der Waals surface area contributed by atoms with Gasteiger partial charge in [0.05, 0.1) is 16.1 Å². The molecule has 1 saturated heterocycles. The van der Waals surface area contributed by atoms with Gasteiger partial charge in [0.15, 0.2) is 0 Å². The van der Waals surface area contributed by atoms with Crippen molar-refractivity contribution < 1.29 is 14.3 Å². The summed E-state index contributed by atoms with van der Waals surface area (Å²) in [4.78, 5) is 30.9. The maximum Gasteiger partial charge on any atom is 0.309 e. The molecule has 3 rings (SSSR count). The van der Waals surface area contributed by atoms with Gasteiger partial charge in [0.25, 0.3) is 0 Å². The minimum atomic E-state index is -0.375. The van der Waals surface area contributed by atoms with Gasteiger partial charge in [-0.25, -0.2) is 4.98 Å². The van der Waals surface area contributed by atoms with Crippen LogP contribution in [0.2, 0.25) is 0 Å². The van der Waals surface area contributed by atoms with Gasteiger partial charge >= 0.3 is 5.97 Å². The standard InChI is InChI=1S/C19H24N2O3S/c1-19(2,3)18(23)21-10-8-13(9-11-21)17(22)24-12-16-20-14-6-4-5-7-15(14)25-16/h4-7,13H,8-12H2,1-3H3. The summed E-state index contributed by atoms with van der Waals surface area (Å²) in [6.45, 7) is 7.24. The highest BCUT2D eigenvalue weighted by Gasteiger charge is 2.33. The van der Waals surface area contributed by atoms with Crippen LogP contribution in [-0.2, 0) is 20.9 Å². The lowest BCUT2D eigenvalue weighted by molar-refractivity contribution is -0.154. The van der Waals surface area contributed by atoms with E-state index in [0.717, 1.165) is 15.2 Å². The van der Waals surface area contributed by atoms with E-state index in [4.69, 9.17) is 4.74 Å². The second kappa shape index (κ2) is 7.12. The van der Waals surface area contributed by atoms with Crippen LogP contribution in [0, 0.1) is 11.3 Å². The maximum atomic E-state index is 12.3. The van der Waals surface area contributed by atoms with Crippen LogP contribution in [0.1, 0.15) is 38.6 Å². The van der Waals surface area contributed by atoms with Crippen LogP contribution in [0.25, 0.3) is 10.2 Å². The average Bonchev–Trinajstić information content (AvgIpc) is 3.01. The van der Waals surface area contributed by atoms with Crippen molar-refractivity contribution in [3.63, 3.8) is 0 Å². The van der Waals surface area contributed by atoms with Gasteiger partial charge in [0.2, 0.25) is 5.91 Å². The predicted octanol–water partition coefficient (Wildman–Crippen LogP) is 3.62. The molecule has 2 aromatic rings. The van der Waals surface area contributed by atoms with E-state index in [9.17, 15) is 9.59 Å². The molecule has 0 saturated carbocycles. The predicted molar refractivity (Wildman–Crippen MR) is 98.2 cm³/mol. The fourth-order valence-corrected chi connectivity index (χ4v) is 3.91. The lowest BCUT2D eigenvalue weighted by Gasteiger charge is -2.34. The molecule has 25 heavy (non-hydrogen) atoms. The molecule has 6 heteroatoms. The lowest BCUT2D eigenvalue weighted by atomic mass is 9.91. The smallest absolute Gasteiger partial charge is 0.309 e. The minimum Gasteiger partial charge on any atom is -0.458 e. The number of hydrogen-bond donors (Lipinski definition) is 0. The number of hydrogen-bond acceptors (Lipinski definition) is 5. The number of fused-ring (bicyclic) bond motifs is 1. The number of aromatic nitrogens is 1. The Labute approximate surface area is 152 Å². The van der Waals surface area contributed by atoms with Gasteiger partial charge in [0.1, 0.15) is 11.6 Å².